The average molecular weight is 483 g/mol. The van der Waals surface area contributed by atoms with Crippen LogP contribution in [0.3, 0.4) is 0 Å². The van der Waals surface area contributed by atoms with E-state index in [1.54, 1.807) is 12.1 Å². The number of fused-ring (bicyclic) bond motifs is 1. The van der Waals surface area contributed by atoms with Crippen LogP contribution in [0, 0.1) is 5.82 Å². The van der Waals surface area contributed by atoms with E-state index in [1.807, 2.05) is 31.1 Å². The zero-order chi connectivity index (χ0) is 24.6. The molecule has 0 atom stereocenters. The third-order valence-corrected chi connectivity index (χ3v) is 7.31. The van der Waals surface area contributed by atoms with Gasteiger partial charge in [-0.3, -0.25) is 4.79 Å². The number of sulfone groups is 1. The van der Waals surface area contributed by atoms with Gasteiger partial charge in [-0.05, 0) is 60.7 Å². The highest BCUT2D eigenvalue weighted by Crippen LogP contribution is 2.41. The Labute approximate surface area is 197 Å². The summed E-state index contributed by atoms with van der Waals surface area (Å²) in [5, 5.41) is 0. The van der Waals surface area contributed by atoms with Crippen molar-refractivity contribution in [1.29, 1.82) is 0 Å². The Bertz CT molecular complexity index is 1400. The van der Waals surface area contributed by atoms with E-state index < -0.39 is 26.3 Å². The van der Waals surface area contributed by atoms with Gasteiger partial charge in [0.15, 0.2) is 11.5 Å². The Morgan fingerprint density at radius 2 is 1.59 bits per heavy atom. The van der Waals surface area contributed by atoms with Gasteiger partial charge in [-0.2, -0.15) is 0 Å². The molecule has 0 amide bonds. The fourth-order valence-corrected chi connectivity index (χ4v) is 5.23. The molecule has 1 aliphatic heterocycles. The molecular weight excluding hydrogens is 459 g/mol. The van der Waals surface area contributed by atoms with Gasteiger partial charge in [0.25, 0.3) is 0 Å². The Morgan fingerprint density at radius 1 is 0.912 bits per heavy atom. The largest absolute Gasteiger partial charge is 0.493 e. The molecule has 0 saturated heterocycles. The first-order valence-corrected chi connectivity index (χ1v) is 11.8. The summed E-state index contributed by atoms with van der Waals surface area (Å²) in [5.74, 6) is -0.610. The van der Waals surface area contributed by atoms with Crippen LogP contribution in [0.25, 0.3) is 0 Å². The number of ketones is 1. The van der Waals surface area contributed by atoms with Crippen LogP contribution in [0.5, 0.6) is 11.5 Å². The minimum Gasteiger partial charge on any atom is -0.493 e. The lowest BCUT2D eigenvalue weighted by Crippen LogP contribution is -2.26. The Balaban J connectivity index is 1.88. The van der Waals surface area contributed by atoms with Crippen molar-refractivity contribution in [2.75, 3.05) is 38.1 Å². The van der Waals surface area contributed by atoms with Gasteiger partial charge in [-0.15, -0.1) is 0 Å². The maximum absolute atomic E-state index is 14.1. The molecule has 9 heteroatoms. The smallest absolute Gasteiger partial charge is 0.214 e. The summed E-state index contributed by atoms with van der Waals surface area (Å²) in [7, 11) is 2.45. The van der Waals surface area contributed by atoms with Crippen molar-refractivity contribution in [2.24, 2.45) is 0 Å². The van der Waals surface area contributed by atoms with E-state index in [2.05, 4.69) is 0 Å². The fourth-order valence-electron chi connectivity index (χ4n) is 3.71. The SMILES string of the molecule is COc1ccc(C(=O)C2=CN(c3ccc(N(C)C)cc3)c3cc(F)ccc3S2(=O)=O)cc1OC. The van der Waals surface area contributed by atoms with Gasteiger partial charge in [0.1, 0.15) is 10.7 Å². The number of hydrogen-bond acceptors (Lipinski definition) is 7. The fraction of sp³-hybridized carbons (Fsp3) is 0.160. The standard InChI is InChI=1S/C25H23FN2O5S/c1-27(2)18-7-9-19(10-8-18)28-15-24(34(30,31)23-12-6-17(26)14-20(23)28)25(29)16-5-11-21(32-3)22(13-16)33-4/h5-15H,1-4H3. The van der Waals surface area contributed by atoms with Gasteiger partial charge in [0.2, 0.25) is 15.6 Å². The Kier molecular flexibility index (Phi) is 6.05. The number of anilines is 3. The quantitative estimate of drug-likeness (QED) is 0.377. The van der Waals surface area contributed by atoms with Gasteiger partial charge < -0.3 is 19.3 Å². The number of hydrogen-bond donors (Lipinski definition) is 0. The van der Waals surface area contributed by atoms with Crippen LogP contribution in [-0.2, 0) is 9.84 Å². The highest BCUT2D eigenvalue weighted by atomic mass is 32.2. The first kappa shape index (κ1) is 23.3. The first-order chi connectivity index (χ1) is 16.2. The molecule has 3 aromatic rings. The molecule has 3 aromatic carbocycles. The normalized spacial score (nSPS) is 14.1. The molecule has 34 heavy (non-hydrogen) atoms. The van der Waals surface area contributed by atoms with Crippen LogP contribution in [-0.4, -0.2) is 42.5 Å². The summed E-state index contributed by atoms with van der Waals surface area (Å²) in [6, 6.07) is 15.0. The number of carbonyl (C=O) groups is 1. The topological polar surface area (TPSA) is 76.2 Å². The Morgan fingerprint density at radius 3 is 2.21 bits per heavy atom. The van der Waals surface area contributed by atoms with Crippen molar-refractivity contribution in [1.82, 2.24) is 0 Å². The van der Waals surface area contributed by atoms with Gasteiger partial charge in [-0.1, -0.05) is 0 Å². The van der Waals surface area contributed by atoms with E-state index in [0.717, 1.165) is 17.8 Å². The molecule has 0 spiro atoms. The van der Waals surface area contributed by atoms with E-state index >= 15 is 0 Å². The molecule has 1 aliphatic rings. The monoisotopic (exact) mass is 482 g/mol. The van der Waals surface area contributed by atoms with Crippen LogP contribution in [0.4, 0.5) is 21.5 Å². The third-order valence-electron chi connectivity index (χ3n) is 5.52. The molecule has 0 unspecified atom stereocenters. The molecule has 176 valence electrons. The lowest BCUT2D eigenvalue weighted by atomic mass is 10.1. The second-order valence-corrected chi connectivity index (χ2v) is 9.68. The lowest BCUT2D eigenvalue weighted by molar-refractivity contribution is 0.104. The summed E-state index contributed by atoms with van der Waals surface area (Å²) < 4.78 is 51.4. The number of nitrogens with zero attached hydrogens (tertiary/aromatic N) is 2. The van der Waals surface area contributed by atoms with E-state index in [9.17, 15) is 17.6 Å². The first-order valence-electron chi connectivity index (χ1n) is 10.3. The molecule has 4 rings (SSSR count). The third kappa shape index (κ3) is 3.99. The highest BCUT2D eigenvalue weighted by molar-refractivity contribution is 7.96. The van der Waals surface area contributed by atoms with Crippen molar-refractivity contribution in [3.63, 3.8) is 0 Å². The maximum Gasteiger partial charge on any atom is 0.214 e. The molecule has 1 heterocycles. The van der Waals surface area contributed by atoms with Crippen LogP contribution in [0.2, 0.25) is 0 Å². The maximum atomic E-state index is 14.1. The summed E-state index contributed by atoms with van der Waals surface area (Å²) in [6.07, 6.45) is 1.24. The molecule has 0 fully saturated rings. The molecule has 0 aliphatic carbocycles. The zero-order valence-corrected chi connectivity index (χ0v) is 19.9. The summed E-state index contributed by atoms with van der Waals surface area (Å²) in [6.45, 7) is 0. The molecular formula is C25H23FN2O5S. The number of ether oxygens (including phenoxy) is 2. The molecule has 7 nitrogen and oxygen atoms in total. The predicted molar refractivity (Wildman–Crippen MR) is 128 cm³/mol. The van der Waals surface area contributed by atoms with E-state index in [4.69, 9.17) is 9.47 Å². The Hall–Kier alpha value is -3.85. The molecule has 0 N–H and O–H groups in total. The number of halogens is 1. The minimum atomic E-state index is -4.22. The zero-order valence-electron chi connectivity index (χ0n) is 19.1. The highest BCUT2D eigenvalue weighted by Gasteiger charge is 2.36. The number of benzene rings is 3. The second kappa shape index (κ2) is 8.83. The van der Waals surface area contributed by atoms with Crippen molar-refractivity contribution >= 4 is 32.7 Å². The lowest BCUT2D eigenvalue weighted by Gasteiger charge is -2.29. The second-order valence-electron chi connectivity index (χ2n) is 7.79. The van der Waals surface area contributed by atoms with E-state index in [-0.39, 0.29) is 16.1 Å². The number of methoxy groups -OCH3 is 2. The molecule has 0 radical (unpaired) electrons. The van der Waals surface area contributed by atoms with Gasteiger partial charge >= 0.3 is 0 Å². The molecule has 0 saturated carbocycles. The predicted octanol–water partition coefficient (Wildman–Crippen LogP) is 4.56. The average Bonchev–Trinajstić information content (AvgIpc) is 2.83. The summed E-state index contributed by atoms with van der Waals surface area (Å²) >= 11 is 0. The minimum absolute atomic E-state index is 0.112. The van der Waals surface area contributed by atoms with Crippen molar-refractivity contribution in [3.8, 4) is 11.5 Å². The van der Waals surface area contributed by atoms with Crippen molar-refractivity contribution in [3.05, 3.63) is 83.1 Å². The summed E-state index contributed by atoms with van der Waals surface area (Å²) in [5.41, 5.74) is 1.74. The van der Waals surface area contributed by atoms with Crippen molar-refractivity contribution < 1.29 is 27.1 Å². The van der Waals surface area contributed by atoms with Crippen LogP contribution in [0.1, 0.15) is 10.4 Å². The van der Waals surface area contributed by atoms with Gasteiger partial charge in [0.05, 0.1) is 24.8 Å². The van der Waals surface area contributed by atoms with E-state index in [0.29, 0.717) is 17.2 Å². The van der Waals surface area contributed by atoms with Gasteiger partial charge in [-0.25, -0.2) is 12.8 Å². The number of rotatable bonds is 6. The number of allylic oxidation sites excluding steroid dienone is 1. The van der Waals surface area contributed by atoms with Gasteiger partial charge in [0, 0.05) is 37.2 Å². The van der Waals surface area contributed by atoms with E-state index in [1.165, 1.54) is 49.6 Å². The van der Waals surface area contributed by atoms with Crippen LogP contribution < -0.4 is 19.3 Å². The number of Topliss-reactive ketones (excluding diaryl/α,β-unsaturated/α-hetero) is 1. The van der Waals surface area contributed by atoms with Crippen molar-refractivity contribution in [2.45, 2.75) is 4.90 Å². The molecule has 0 aromatic heterocycles. The summed E-state index contributed by atoms with van der Waals surface area (Å²) in [4.78, 5) is 16.3. The van der Waals surface area contributed by atoms with Crippen LogP contribution in [0.15, 0.2) is 76.7 Å². The van der Waals surface area contributed by atoms with Crippen LogP contribution >= 0.6 is 0 Å². The number of carbonyl (C=O) groups excluding carboxylic acids is 1. The molecule has 0 bridgehead atoms.